The van der Waals surface area contributed by atoms with E-state index in [-0.39, 0.29) is 6.29 Å². The van der Waals surface area contributed by atoms with Crippen LogP contribution in [0.4, 0.5) is 0 Å². The molecule has 0 heterocycles. The first-order valence-electron chi connectivity index (χ1n) is 2.97. The lowest BCUT2D eigenvalue weighted by atomic mass is 10.3. The molecule has 0 rings (SSSR count). The van der Waals surface area contributed by atoms with Crippen LogP contribution >= 0.6 is 0 Å². The summed E-state index contributed by atoms with van der Waals surface area (Å²) in [6, 6.07) is 0. The smallest absolute Gasteiger partial charge is 0.372 e. The van der Waals surface area contributed by atoms with E-state index >= 15 is 0 Å². The van der Waals surface area contributed by atoms with Gasteiger partial charge >= 0.3 is 17.9 Å². The van der Waals surface area contributed by atoms with Crippen LogP contribution in [-0.4, -0.2) is 45.3 Å². The second kappa shape index (κ2) is 7.40. The van der Waals surface area contributed by atoms with Crippen LogP contribution in [0.25, 0.3) is 0 Å². The summed E-state index contributed by atoms with van der Waals surface area (Å²) in [6.07, 6.45) is -1.12. The number of rotatable bonds is 4. The Hall–Kier alpha value is -2.25. The quantitative estimate of drug-likeness (QED) is 0.282. The van der Waals surface area contributed by atoms with Crippen molar-refractivity contribution >= 4 is 30.0 Å². The van der Waals surface area contributed by atoms with Gasteiger partial charge in [0.25, 0.3) is 5.78 Å². The molecule has 0 aromatic carbocycles. The minimum absolute atomic E-state index is 0.167. The highest BCUT2D eigenvalue weighted by molar-refractivity contribution is 6.35. The summed E-state index contributed by atoms with van der Waals surface area (Å²) >= 11 is 0. The lowest BCUT2D eigenvalue weighted by Crippen LogP contribution is -2.16. The van der Waals surface area contributed by atoms with Crippen molar-refractivity contribution in [1.82, 2.24) is 0 Å². The molecule has 0 radical (unpaired) electrons. The third kappa shape index (κ3) is 12.4. The number of hydrogen-bond donors (Lipinski definition) is 3. The van der Waals surface area contributed by atoms with Crippen LogP contribution in [0.15, 0.2) is 0 Å². The normalized spacial score (nSPS) is 7.71. The van der Waals surface area contributed by atoms with Crippen molar-refractivity contribution in [1.29, 1.82) is 0 Å². The summed E-state index contributed by atoms with van der Waals surface area (Å²) in [4.78, 5) is 47.1. The van der Waals surface area contributed by atoms with Gasteiger partial charge in [0.05, 0.1) is 0 Å². The Bertz CT molecular complexity index is 265. The fourth-order valence-electron chi connectivity index (χ4n) is 0.213. The molecule has 0 spiro atoms. The standard InChI is InChI=1S/C4H4O5.C2H2O3/c5-2(4(8)9)1-3(6)7;3-1-2(4)5/h1H2,(H,6,7)(H,8,9);1H,(H,4,5). The predicted molar refractivity (Wildman–Crippen MR) is 38.6 cm³/mol. The average molecular weight is 206 g/mol. The highest BCUT2D eigenvalue weighted by atomic mass is 16.4. The maximum absolute atomic E-state index is 9.97. The van der Waals surface area contributed by atoms with Crippen molar-refractivity contribution in [3.8, 4) is 0 Å². The molecular formula is C6H6O8. The van der Waals surface area contributed by atoms with Gasteiger partial charge in [0.1, 0.15) is 6.42 Å². The molecule has 78 valence electrons. The zero-order valence-electron chi connectivity index (χ0n) is 6.67. The molecule has 0 bridgehead atoms. The second-order valence-electron chi connectivity index (χ2n) is 1.75. The Morgan fingerprint density at radius 2 is 1.36 bits per heavy atom. The van der Waals surface area contributed by atoms with Crippen LogP contribution < -0.4 is 0 Å². The Kier molecular flexibility index (Phi) is 7.55. The third-order valence-corrected chi connectivity index (χ3v) is 0.651. The summed E-state index contributed by atoms with van der Waals surface area (Å²) in [5.74, 6) is -5.87. The molecular weight excluding hydrogens is 200 g/mol. The Balaban J connectivity index is 0. The lowest BCUT2D eigenvalue weighted by Gasteiger charge is -1.85. The van der Waals surface area contributed by atoms with Crippen molar-refractivity contribution in [2.75, 3.05) is 0 Å². The van der Waals surface area contributed by atoms with Crippen LogP contribution in [0.1, 0.15) is 6.42 Å². The monoisotopic (exact) mass is 206 g/mol. The van der Waals surface area contributed by atoms with E-state index < -0.39 is 30.1 Å². The van der Waals surface area contributed by atoms with E-state index in [2.05, 4.69) is 0 Å². The van der Waals surface area contributed by atoms with E-state index in [1.807, 2.05) is 0 Å². The first kappa shape index (κ1) is 14.3. The highest BCUT2D eigenvalue weighted by Gasteiger charge is 2.14. The number of hydrogen-bond acceptors (Lipinski definition) is 5. The molecule has 0 unspecified atom stereocenters. The first-order chi connectivity index (χ1) is 6.31. The summed E-state index contributed by atoms with van der Waals surface area (Å²) < 4.78 is 0. The van der Waals surface area contributed by atoms with Crippen LogP contribution in [0.3, 0.4) is 0 Å². The number of aldehydes is 1. The number of carboxylic acids is 3. The summed E-state index contributed by atoms with van der Waals surface area (Å²) in [7, 11) is 0. The summed E-state index contributed by atoms with van der Waals surface area (Å²) in [6.45, 7) is 0. The van der Waals surface area contributed by atoms with Gasteiger partial charge in [-0.2, -0.15) is 0 Å². The highest BCUT2D eigenvalue weighted by Crippen LogP contribution is 1.81. The van der Waals surface area contributed by atoms with Crippen molar-refractivity contribution in [3.63, 3.8) is 0 Å². The van der Waals surface area contributed by atoms with Gasteiger partial charge < -0.3 is 15.3 Å². The number of Topliss-reactive ketones (excluding diaryl/α,β-unsaturated/α-hetero) is 1. The van der Waals surface area contributed by atoms with E-state index in [1.54, 1.807) is 0 Å². The molecule has 0 aliphatic heterocycles. The van der Waals surface area contributed by atoms with Crippen LogP contribution in [0.2, 0.25) is 0 Å². The summed E-state index contributed by atoms with van der Waals surface area (Å²) in [5, 5.41) is 23.0. The van der Waals surface area contributed by atoms with Crippen molar-refractivity contribution in [2.24, 2.45) is 0 Å². The topological polar surface area (TPSA) is 146 Å². The zero-order valence-corrected chi connectivity index (χ0v) is 6.67. The molecule has 0 fully saturated rings. The molecule has 0 aromatic heterocycles. The van der Waals surface area contributed by atoms with Gasteiger partial charge in [0.15, 0.2) is 0 Å². The molecule has 0 aliphatic rings. The maximum Gasteiger partial charge on any atom is 0.372 e. The number of carbonyl (C=O) groups is 5. The van der Waals surface area contributed by atoms with E-state index in [0.29, 0.717) is 0 Å². The zero-order chi connectivity index (χ0) is 11.7. The number of ketones is 1. The van der Waals surface area contributed by atoms with Gasteiger partial charge in [0, 0.05) is 0 Å². The molecule has 8 heteroatoms. The van der Waals surface area contributed by atoms with Crippen molar-refractivity contribution in [3.05, 3.63) is 0 Å². The SMILES string of the molecule is O=C(O)CC(=O)C(=O)O.O=CC(=O)O. The molecule has 0 aromatic rings. The molecule has 3 N–H and O–H groups in total. The van der Waals surface area contributed by atoms with E-state index in [4.69, 9.17) is 24.9 Å². The lowest BCUT2D eigenvalue weighted by molar-refractivity contribution is -0.152. The first-order valence-corrected chi connectivity index (χ1v) is 2.97. The minimum atomic E-state index is -1.71. The van der Waals surface area contributed by atoms with Crippen LogP contribution in [0, 0.1) is 0 Å². The number of carbonyl (C=O) groups excluding carboxylic acids is 2. The van der Waals surface area contributed by atoms with E-state index in [1.165, 1.54) is 0 Å². The molecule has 0 saturated heterocycles. The minimum Gasteiger partial charge on any atom is -0.481 e. The van der Waals surface area contributed by atoms with Gasteiger partial charge in [0.2, 0.25) is 6.29 Å². The van der Waals surface area contributed by atoms with E-state index in [0.717, 1.165) is 0 Å². The van der Waals surface area contributed by atoms with Gasteiger partial charge in [-0.3, -0.25) is 14.4 Å². The van der Waals surface area contributed by atoms with Crippen LogP contribution in [0.5, 0.6) is 0 Å². The molecule has 0 amide bonds. The van der Waals surface area contributed by atoms with Crippen LogP contribution in [-0.2, 0) is 24.0 Å². The van der Waals surface area contributed by atoms with Crippen molar-refractivity contribution < 1.29 is 39.3 Å². The van der Waals surface area contributed by atoms with Gasteiger partial charge in [-0.15, -0.1) is 0 Å². The van der Waals surface area contributed by atoms with Crippen molar-refractivity contribution in [2.45, 2.75) is 6.42 Å². The van der Waals surface area contributed by atoms with E-state index in [9.17, 15) is 14.4 Å². The largest absolute Gasteiger partial charge is 0.481 e. The second-order valence-corrected chi connectivity index (χ2v) is 1.75. The molecule has 0 aliphatic carbocycles. The molecule has 8 nitrogen and oxygen atoms in total. The molecule has 0 saturated carbocycles. The number of carboxylic acid groups (broad SMARTS) is 3. The Labute approximate surface area is 76.8 Å². The Morgan fingerprint density at radius 1 is 1.00 bits per heavy atom. The fraction of sp³-hybridized carbons (Fsp3) is 0.167. The number of aliphatic carboxylic acids is 3. The summed E-state index contributed by atoms with van der Waals surface area (Å²) in [5.41, 5.74) is 0. The van der Waals surface area contributed by atoms with Gasteiger partial charge in [-0.05, 0) is 0 Å². The fourth-order valence-corrected chi connectivity index (χ4v) is 0.213. The van der Waals surface area contributed by atoms with Gasteiger partial charge in [-0.1, -0.05) is 0 Å². The average Bonchev–Trinajstić information content (AvgIpc) is 2.04. The maximum atomic E-state index is 9.97. The molecule has 0 atom stereocenters. The van der Waals surface area contributed by atoms with Gasteiger partial charge in [-0.25, -0.2) is 9.59 Å². The Morgan fingerprint density at radius 3 is 1.43 bits per heavy atom. The third-order valence-electron chi connectivity index (χ3n) is 0.651. The molecule has 14 heavy (non-hydrogen) atoms. The predicted octanol–water partition coefficient (Wildman–Crippen LogP) is -1.62.